The van der Waals surface area contributed by atoms with E-state index in [1.54, 1.807) is 49.4 Å². The van der Waals surface area contributed by atoms with Gasteiger partial charge in [-0.05, 0) is 54.0 Å². The van der Waals surface area contributed by atoms with Crippen molar-refractivity contribution in [1.29, 1.82) is 0 Å². The van der Waals surface area contributed by atoms with Gasteiger partial charge in [0.2, 0.25) is 5.78 Å². The largest absolute Gasteiger partial charge is 0.496 e. The highest BCUT2D eigenvalue weighted by Crippen LogP contribution is 2.39. The van der Waals surface area contributed by atoms with Crippen LogP contribution >= 0.6 is 0 Å². The van der Waals surface area contributed by atoms with Crippen molar-refractivity contribution in [2.24, 2.45) is 0 Å². The number of ketones is 1. The van der Waals surface area contributed by atoms with Gasteiger partial charge in [-0.15, -0.1) is 0 Å². The van der Waals surface area contributed by atoms with Gasteiger partial charge >= 0.3 is 5.97 Å². The fraction of sp³-hybridized carbons (Fsp3) is 0.0667. The lowest BCUT2D eigenvalue weighted by Crippen LogP contribution is -2.11. The molecule has 1 aliphatic heterocycles. The fourth-order valence-electron chi connectivity index (χ4n) is 4.00. The van der Waals surface area contributed by atoms with Crippen molar-refractivity contribution in [2.45, 2.75) is 6.92 Å². The zero-order valence-corrected chi connectivity index (χ0v) is 19.3. The van der Waals surface area contributed by atoms with E-state index in [1.807, 2.05) is 42.5 Å². The summed E-state index contributed by atoms with van der Waals surface area (Å²) in [5.74, 6) is 0.602. The second kappa shape index (κ2) is 9.31. The van der Waals surface area contributed by atoms with Crippen LogP contribution < -0.4 is 14.2 Å². The second-order valence-electron chi connectivity index (χ2n) is 8.08. The molecule has 5 rings (SSSR count). The maximum absolute atomic E-state index is 13.0. The Morgan fingerprint density at radius 1 is 0.800 bits per heavy atom. The highest BCUT2D eigenvalue weighted by Gasteiger charge is 2.30. The van der Waals surface area contributed by atoms with E-state index >= 15 is 0 Å². The SMILES string of the molecule is COc1ccccc1C(=O)Oc1ccc2c(c1C)O/C(=C\c1ccc(-c3ccccc3)cc1)C2=O. The Morgan fingerprint density at radius 2 is 1.49 bits per heavy atom. The molecule has 5 nitrogen and oxygen atoms in total. The van der Waals surface area contributed by atoms with Crippen molar-refractivity contribution in [2.75, 3.05) is 7.11 Å². The molecule has 0 N–H and O–H groups in total. The maximum Gasteiger partial charge on any atom is 0.347 e. The van der Waals surface area contributed by atoms with Gasteiger partial charge in [0.05, 0.1) is 12.7 Å². The quantitative estimate of drug-likeness (QED) is 0.192. The molecule has 0 bridgehead atoms. The highest BCUT2D eigenvalue weighted by molar-refractivity contribution is 6.15. The van der Waals surface area contributed by atoms with Crippen LogP contribution in [-0.4, -0.2) is 18.9 Å². The summed E-state index contributed by atoms with van der Waals surface area (Å²) in [5.41, 5.74) is 4.38. The van der Waals surface area contributed by atoms with Gasteiger partial charge in [-0.1, -0.05) is 66.7 Å². The van der Waals surface area contributed by atoms with Gasteiger partial charge in [-0.3, -0.25) is 4.79 Å². The monoisotopic (exact) mass is 462 g/mol. The predicted molar refractivity (Wildman–Crippen MR) is 134 cm³/mol. The Hall–Kier alpha value is -4.64. The lowest BCUT2D eigenvalue weighted by molar-refractivity contribution is 0.0729. The Labute approximate surface area is 203 Å². The van der Waals surface area contributed by atoms with Gasteiger partial charge in [-0.2, -0.15) is 0 Å². The van der Waals surface area contributed by atoms with Gasteiger partial charge in [-0.25, -0.2) is 4.79 Å². The van der Waals surface area contributed by atoms with E-state index in [9.17, 15) is 9.59 Å². The topological polar surface area (TPSA) is 61.8 Å². The van der Waals surface area contributed by atoms with Gasteiger partial charge in [0.15, 0.2) is 5.76 Å². The van der Waals surface area contributed by atoms with Crippen molar-refractivity contribution in [3.63, 3.8) is 0 Å². The molecule has 0 atom stereocenters. The molecule has 4 aromatic rings. The predicted octanol–water partition coefficient (Wildman–Crippen LogP) is 6.51. The number of ether oxygens (including phenoxy) is 3. The van der Waals surface area contributed by atoms with E-state index in [-0.39, 0.29) is 11.5 Å². The van der Waals surface area contributed by atoms with Crippen molar-refractivity contribution in [1.82, 2.24) is 0 Å². The minimum Gasteiger partial charge on any atom is -0.496 e. The van der Waals surface area contributed by atoms with Crippen molar-refractivity contribution < 1.29 is 23.8 Å². The molecule has 0 aromatic heterocycles. The number of esters is 1. The summed E-state index contributed by atoms with van der Waals surface area (Å²) in [4.78, 5) is 25.7. The van der Waals surface area contributed by atoms with E-state index in [0.717, 1.165) is 16.7 Å². The number of carbonyl (C=O) groups is 2. The first-order valence-electron chi connectivity index (χ1n) is 11.1. The third kappa shape index (κ3) is 4.32. The molecule has 172 valence electrons. The van der Waals surface area contributed by atoms with Crippen LogP contribution in [0, 0.1) is 6.92 Å². The summed E-state index contributed by atoms with van der Waals surface area (Å²) in [6.07, 6.45) is 1.72. The number of hydrogen-bond donors (Lipinski definition) is 0. The number of para-hydroxylation sites is 1. The minimum absolute atomic E-state index is 0.210. The van der Waals surface area contributed by atoms with Crippen LogP contribution in [0.15, 0.2) is 96.8 Å². The fourth-order valence-corrected chi connectivity index (χ4v) is 4.00. The second-order valence-corrected chi connectivity index (χ2v) is 8.08. The van der Waals surface area contributed by atoms with E-state index in [4.69, 9.17) is 14.2 Å². The number of hydrogen-bond acceptors (Lipinski definition) is 5. The van der Waals surface area contributed by atoms with Crippen LogP contribution in [-0.2, 0) is 0 Å². The molecule has 0 radical (unpaired) electrons. The molecule has 1 aliphatic rings. The first-order chi connectivity index (χ1) is 17.0. The van der Waals surface area contributed by atoms with Crippen molar-refractivity contribution in [3.8, 4) is 28.4 Å². The first kappa shape index (κ1) is 22.2. The number of rotatable bonds is 5. The summed E-state index contributed by atoms with van der Waals surface area (Å²) in [6.45, 7) is 1.76. The van der Waals surface area contributed by atoms with Crippen LogP contribution in [0.4, 0.5) is 0 Å². The Morgan fingerprint density at radius 3 is 2.23 bits per heavy atom. The zero-order chi connectivity index (χ0) is 24.4. The Bertz CT molecular complexity index is 1450. The standard InChI is InChI=1S/C30H22O5/c1-19-25(35-30(32)23-10-6-7-11-26(23)33-2)17-16-24-28(31)27(34-29(19)24)18-20-12-14-22(15-13-20)21-8-4-3-5-9-21/h3-18H,1-2H3/b27-18-. The van der Waals surface area contributed by atoms with Crippen LogP contribution in [0.25, 0.3) is 17.2 Å². The normalized spacial score (nSPS) is 13.3. The lowest BCUT2D eigenvalue weighted by Gasteiger charge is -2.11. The summed E-state index contributed by atoms with van der Waals surface area (Å²) in [5, 5.41) is 0. The van der Waals surface area contributed by atoms with Gasteiger partial charge in [0, 0.05) is 5.56 Å². The molecule has 35 heavy (non-hydrogen) atoms. The van der Waals surface area contributed by atoms with Crippen molar-refractivity contribution in [3.05, 3.63) is 119 Å². The molecule has 4 aromatic carbocycles. The molecule has 0 aliphatic carbocycles. The van der Waals surface area contributed by atoms with Gasteiger partial charge < -0.3 is 14.2 Å². The van der Waals surface area contributed by atoms with Crippen LogP contribution in [0.1, 0.15) is 31.8 Å². The van der Waals surface area contributed by atoms with E-state index in [1.165, 1.54) is 7.11 Å². The Balaban J connectivity index is 1.38. The van der Waals surface area contributed by atoms with Gasteiger partial charge in [0.1, 0.15) is 22.8 Å². The van der Waals surface area contributed by atoms with Crippen LogP contribution in [0.5, 0.6) is 17.2 Å². The molecule has 0 saturated heterocycles. The van der Waals surface area contributed by atoms with Crippen LogP contribution in [0.2, 0.25) is 0 Å². The molecule has 0 unspecified atom stereocenters. The lowest BCUT2D eigenvalue weighted by atomic mass is 10.0. The zero-order valence-electron chi connectivity index (χ0n) is 19.3. The van der Waals surface area contributed by atoms with E-state index in [0.29, 0.717) is 33.9 Å². The van der Waals surface area contributed by atoms with E-state index in [2.05, 4.69) is 12.1 Å². The number of fused-ring (bicyclic) bond motifs is 1. The van der Waals surface area contributed by atoms with E-state index < -0.39 is 5.97 Å². The Kier molecular flexibility index (Phi) is 5.90. The van der Waals surface area contributed by atoms with Gasteiger partial charge in [0.25, 0.3) is 0 Å². The molecule has 0 spiro atoms. The molecule has 0 amide bonds. The number of allylic oxidation sites excluding steroid dienone is 1. The molecule has 0 saturated carbocycles. The summed E-state index contributed by atoms with van der Waals surface area (Å²) in [7, 11) is 1.50. The number of Topliss-reactive ketones (excluding diaryl/α,β-unsaturated/α-hetero) is 1. The maximum atomic E-state index is 13.0. The third-order valence-corrected chi connectivity index (χ3v) is 5.88. The number of carbonyl (C=O) groups excluding carboxylic acids is 2. The first-order valence-corrected chi connectivity index (χ1v) is 11.1. The average Bonchev–Trinajstić information content (AvgIpc) is 3.22. The molecular formula is C30H22O5. The molecule has 5 heteroatoms. The smallest absolute Gasteiger partial charge is 0.347 e. The average molecular weight is 463 g/mol. The summed E-state index contributed by atoms with van der Waals surface area (Å²) >= 11 is 0. The molecule has 1 heterocycles. The number of methoxy groups -OCH3 is 1. The van der Waals surface area contributed by atoms with Crippen LogP contribution in [0.3, 0.4) is 0 Å². The highest BCUT2D eigenvalue weighted by atomic mass is 16.5. The number of benzene rings is 4. The summed E-state index contributed by atoms with van der Waals surface area (Å²) < 4.78 is 16.8. The third-order valence-electron chi connectivity index (χ3n) is 5.88. The summed E-state index contributed by atoms with van der Waals surface area (Å²) in [6, 6.07) is 28.1. The van der Waals surface area contributed by atoms with Crippen molar-refractivity contribution >= 4 is 17.8 Å². The molecular weight excluding hydrogens is 440 g/mol. The minimum atomic E-state index is -0.552. The molecule has 0 fully saturated rings.